The number of para-hydroxylation sites is 1. The van der Waals surface area contributed by atoms with Crippen molar-refractivity contribution in [3.8, 4) is 0 Å². The van der Waals surface area contributed by atoms with Gasteiger partial charge in [-0.1, -0.05) is 44.2 Å². The highest BCUT2D eigenvalue weighted by Gasteiger charge is 2.16. The second kappa shape index (κ2) is 10.5. The summed E-state index contributed by atoms with van der Waals surface area (Å²) in [7, 11) is 1.71. The maximum absolute atomic E-state index is 12.2. The van der Waals surface area contributed by atoms with Crippen LogP contribution in [0.1, 0.15) is 51.4 Å². The third kappa shape index (κ3) is 6.73. The van der Waals surface area contributed by atoms with Crippen molar-refractivity contribution >= 4 is 29.3 Å². The van der Waals surface area contributed by atoms with E-state index in [9.17, 15) is 9.59 Å². The zero-order valence-electron chi connectivity index (χ0n) is 15.4. The molecule has 2 amide bonds. The maximum atomic E-state index is 12.2. The molecule has 0 saturated heterocycles. The largest absolute Gasteiger partial charge is 0.336 e. The zero-order chi connectivity index (χ0) is 18.1. The van der Waals surface area contributed by atoms with E-state index in [0.717, 1.165) is 29.3 Å². The molecule has 25 heavy (non-hydrogen) atoms. The minimum Gasteiger partial charge on any atom is -0.336 e. The molecule has 0 aliphatic heterocycles. The molecule has 1 aliphatic carbocycles. The number of nitrogens with zero attached hydrogens (tertiary/aromatic N) is 1. The van der Waals surface area contributed by atoms with Crippen molar-refractivity contribution in [3.05, 3.63) is 24.3 Å². The van der Waals surface area contributed by atoms with Crippen LogP contribution in [0.25, 0.3) is 0 Å². The summed E-state index contributed by atoms with van der Waals surface area (Å²) in [5.74, 6) is 0.715. The molecule has 1 fully saturated rings. The fourth-order valence-corrected chi connectivity index (χ4v) is 4.00. The van der Waals surface area contributed by atoms with E-state index in [1.165, 1.54) is 37.0 Å². The van der Waals surface area contributed by atoms with Gasteiger partial charge in [-0.25, -0.2) is 0 Å². The first-order chi connectivity index (χ1) is 12.1. The number of thioether (sulfide) groups is 1. The number of carbonyl (C=O) groups excluding carboxylic acids is 2. The number of nitrogens with one attached hydrogen (secondary N) is 1. The highest BCUT2D eigenvalue weighted by molar-refractivity contribution is 7.98. The summed E-state index contributed by atoms with van der Waals surface area (Å²) in [6.07, 6.45) is 11.3. The average Bonchev–Trinajstić information content (AvgIpc) is 2.62. The summed E-state index contributed by atoms with van der Waals surface area (Å²) < 4.78 is 0. The average molecular weight is 363 g/mol. The van der Waals surface area contributed by atoms with Gasteiger partial charge in [0.2, 0.25) is 11.8 Å². The van der Waals surface area contributed by atoms with Crippen LogP contribution in [-0.2, 0) is 9.59 Å². The minimum absolute atomic E-state index is 0.0594. The number of carbonyl (C=O) groups is 2. The zero-order valence-corrected chi connectivity index (χ0v) is 16.2. The van der Waals surface area contributed by atoms with Crippen LogP contribution in [0.3, 0.4) is 0 Å². The Balaban J connectivity index is 1.71. The van der Waals surface area contributed by atoms with Crippen molar-refractivity contribution in [1.82, 2.24) is 4.90 Å². The van der Waals surface area contributed by atoms with Crippen LogP contribution in [0.5, 0.6) is 0 Å². The summed E-state index contributed by atoms with van der Waals surface area (Å²) in [4.78, 5) is 27.0. The van der Waals surface area contributed by atoms with E-state index in [1.54, 1.807) is 18.8 Å². The molecule has 4 nitrogen and oxygen atoms in total. The van der Waals surface area contributed by atoms with Gasteiger partial charge in [-0.05, 0) is 37.1 Å². The number of likely N-dealkylation sites (N-methyl/N-ethyl adjacent to an activating group) is 1. The Hall–Kier alpha value is -1.49. The quantitative estimate of drug-likeness (QED) is 0.690. The van der Waals surface area contributed by atoms with Gasteiger partial charge < -0.3 is 10.2 Å². The van der Waals surface area contributed by atoms with Crippen LogP contribution in [0.15, 0.2) is 29.2 Å². The van der Waals surface area contributed by atoms with Gasteiger partial charge in [0.15, 0.2) is 0 Å². The summed E-state index contributed by atoms with van der Waals surface area (Å²) in [5.41, 5.74) is 0.804. The molecule has 0 aromatic heterocycles. The number of benzene rings is 1. The Bertz CT molecular complexity index is 571. The number of anilines is 1. The molecule has 0 spiro atoms. The van der Waals surface area contributed by atoms with Gasteiger partial charge in [0.05, 0.1) is 12.2 Å². The van der Waals surface area contributed by atoms with E-state index in [-0.39, 0.29) is 18.4 Å². The van der Waals surface area contributed by atoms with Crippen LogP contribution >= 0.6 is 11.8 Å². The molecule has 1 aliphatic rings. The molecule has 5 heteroatoms. The highest BCUT2D eigenvalue weighted by Crippen LogP contribution is 2.28. The first kappa shape index (κ1) is 19.8. The molecular formula is C20H30N2O2S. The van der Waals surface area contributed by atoms with E-state index in [0.29, 0.717) is 6.42 Å². The summed E-state index contributed by atoms with van der Waals surface area (Å²) in [6, 6.07) is 7.70. The summed E-state index contributed by atoms with van der Waals surface area (Å²) in [6.45, 7) is 0.102. The van der Waals surface area contributed by atoms with Crippen molar-refractivity contribution in [2.45, 2.75) is 56.3 Å². The van der Waals surface area contributed by atoms with Crippen molar-refractivity contribution < 1.29 is 9.59 Å². The number of rotatable bonds is 8. The monoisotopic (exact) mass is 362 g/mol. The standard InChI is InChI=1S/C20H30N2O2S/c1-22(20(24)14-8-11-16-9-4-3-5-10-16)15-19(23)21-17-12-6-7-13-18(17)25-2/h6-7,12-13,16H,3-5,8-11,14-15H2,1-2H3,(H,21,23). The molecular weight excluding hydrogens is 332 g/mol. The van der Waals surface area contributed by atoms with Gasteiger partial charge >= 0.3 is 0 Å². The first-order valence-corrected chi connectivity index (χ1v) is 10.5. The molecule has 1 aromatic carbocycles. The number of amides is 2. The third-order valence-electron chi connectivity index (χ3n) is 4.92. The lowest BCUT2D eigenvalue weighted by Gasteiger charge is -2.22. The third-order valence-corrected chi connectivity index (χ3v) is 5.71. The topological polar surface area (TPSA) is 49.4 Å². The number of hydrogen-bond donors (Lipinski definition) is 1. The molecule has 1 saturated carbocycles. The Morgan fingerprint density at radius 1 is 1.20 bits per heavy atom. The van der Waals surface area contributed by atoms with E-state index in [1.807, 2.05) is 30.5 Å². The molecule has 0 radical (unpaired) electrons. The lowest BCUT2D eigenvalue weighted by molar-refractivity contribution is -0.133. The molecule has 1 N–H and O–H groups in total. The predicted octanol–water partition coefficient (Wildman–Crippen LogP) is 4.56. The minimum atomic E-state index is -0.148. The Morgan fingerprint density at radius 3 is 2.64 bits per heavy atom. The predicted molar refractivity (Wildman–Crippen MR) is 105 cm³/mol. The van der Waals surface area contributed by atoms with Crippen molar-refractivity contribution in [2.24, 2.45) is 5.92 Å². The van der Waals surface area contributed by atoms with Gasteiger partial charge in [0.1, 0.15) is 0 Å². The number of hydrogen-bond acceptors (Lipinski definition) is 3. The molecule has 138 valence electrons. The van der Waals surface area contributed by atoms with E-state index in [4.69, 9.17) is 0 Å². The normalized spacial score (nSPS) is 15.0. The van der Waals surface area contributed by atoms with Crippen LogP contribution in [0.2, 0.25) is 0 Å². The van der Waals surface area contributed by atoms with Gasteiger partial charge in [-0.15, -0.1) is 11.8 Å². The van der Waals surface area contributed by atoms with Crippen molar-refractivity contribution in [1.29, 1.82) is 0 Å². The fraction of sp³-hybridized carbons (Fsp3) is 0.600. The lowest BCUT2D eigenvalue weighted by atomic mass is 9.86. The maximum Gasteiger partial charge on any atom is 0.244 e. The second-order valence-electron chi connectivity index (χ2n) is 6.89. The van der Waals surface area contributed by atoms with Crippen molar-refractivity contribution in [2.75, 3.05) is 25.2 Å². The summed E-state index contributed by atoms with van der Waals surface area (Å²) >= 11 is 1.59. The van der Waals surface area contributed by atoms with E-state index < -0.39 is 0 Å². The molecule has 0 unspecified atom stereocenters. The highest BCUT2D eigenvalue weighted by atomic mass is 32.2. The SMILES string of the molecule is CSc1ccccc1NC(=O)CN(C)C(=O)CCCC1CCCCC1. The van der Waals surface area contributed by atoms with Crippen molar-refractivity contribution in [3.63, 3.8) is 0 Å². The van der Waals surface area contributed by atoms with Gasteiger partial charge in [0.25, 0.3) is 0 Å². The first-order valence-electron chi connectivity index (χ1n) is 9.27. The lowest BCUT2D eigenvalue weighted by Crippen LogP contribution is -2.34. The molecule has 1 aromatic rings. The van der Waals surface area contributed by atoms with Crippen LogP contribution in [0.4, 0.5) is 5.69 Å². The Kier molecular flexibility index (Phi) is 8.32. The smallest absolute Gasteiger partial charge is 0.244 e. The van der Waals surface area contributed by atoms with E-state index in [2.05, 4.69) is 5.32 Å². The molecule has 2 rings (SSSR count). The van der Waals surface area contributed by atoms with Gasteiger partial charge in [0, 0.05) is 18.4 Å². The van der Waals surface area contributed by atoms with Crippen LogP contribution in [0, 0.1) is 5.92 Å². The molecule has 0 bridgehead atoms. The molecule has 0 heterocycles. The Labute approximate surface area is 155 Å². The van der Waals surface area contributed by atoms with E-state index >= 15 is 0 Å². The second-order valence-corrected chi connectivity index (χ2v) is 7.74. The molecule has 0 atom stereocenters. The van der Waals surface area contributed by atoms with Gasteiger partial charge in [-0.3, -0.25) is 9.59 Å². The van der Waals surface area contributed by atoms with Crippen LogP contribution in [-0.4, -0.2) is 36.6 Å². The van der Waals surface area contributed by atoms with Gasteiger partial charge in [-0.2, -0.15) is 0 Å². The fourth-order valence-electron chi connectivity index (χ4n) is 3.45. The Morgan fingerprint density at radius 2 is 1.92 bits per heavy atom. The summed E-state index contributed by atoms with van der Waals surface area (Å²) in [5, 5.41) is 2.90. The van der Waals surface area contributed by atoms with Crippen LogP contribution < -0.4 is 5.32 Å².